The molecule has 0 bridgehead atoms. The number of benzene rings is 1. The van der Waals surface area contributed by atoms with Crippen LogP contribution in [-0.2, 0) is 0 Å². The summed E-state index contributed by atoms with van der Waals surface area (Å²) in [6.07, 6.45) is -0.00216. The number of hydrazine groups is 3. The van der Waals surface area contributed by atoms with Crippen molar-refractivity contribution >= 4 is 5.91 Å². The second kappa shape index (κ2) is 5.04. The quantitative estimate of drug-likeness (QED) is 0.538. The minimum Gasteiger partial charge on any atom is -0.339 e. The molecule has 0 spiro atoms. The molecule has 0 atom stereocenters. The van der Waals surface area contributed by atoms with Crippen LogP contribution in [0.15, 0.2) is 30.3 Å². The highest BCUT2D eigenvalue weighted by Crippen LogP contribution is 2.03. The van der Waals surface area contributed by atoms with E-state index in [-0.39, 0.29) is 12.1 Å². The molecule has 86 valence electrons. The van der Waals surface area contributed by atoms with Gasteiger partial charge in [-0.1, -0.05) is 18.2 Å². The van der Waals surface area contributed by atoms with Crippen molar-refractivity contribution < 1.29 is 4.79 Å². The minimum atomic E-state index is -0.00216. The van der Waals surface area contributed by atoms with Crippen LogP contribution in [0, 0.1) is 0 Å². The van der Waals surface area contributed by atoms with Gasteiger partial charge >= 0.3 is 0 Å². The molecular weight excluding hydrogens is 206 g/mol. The van der Waals surface area contributed by atoms with E-state index in [2.05, 4.69) is 21.9 Å². The first-order chi connectivity index (χ1) is 7.77. The molecule has 0 saturated carbocycles. The fourth-order valence-electron chi connectivity index (χ4n) is 1.53. The fourth-order valence-corrected chi connectivity index (χ4v) is 1.53. The Labute approximate surface area is 93.9 Å². The second-order valence-electron chi connectivity index (χ2n) is 3.64. The van der Waals surface area contributed by atoms with E-state index in [1.807, 2.05) is 30.3 Å². The van der Waals surface area contributed by atoms with Crippen LogP contribution in [0.1, 0.15) is 10.4 Å². The summed E-state index contributed by atoms with van der Waals surface area (Å²) in [7, 11) is 1.77. The van der Waals surface area contributed by atoms with Crippen LogP contribution in [0.25, 0.3) is 0 Å². The number of carbonyl (C=O) groups excluding carboxylic acids is 1. The Morgan fingerprint density at radius 2 is 1.88 bits per heavy atom. The molecule has 0 aliphatic carbocycles. The molecule has 1 saturated heterocycles. The minimum absolute atomic E-state index is 0.00216. The monoisotopic (exact) mass is 221 g/mol. The first-order valence-corrected chi connectivity index (χ1v) is 5.09. The second-order valence-corrected chi connectivity index (χ2v) is 3.64. The van der Waals surface area contributed by atoms with Gasteiger partial charge in [0.15, 0.2) is 0 Å². The van der Waals surface area contributed by atoms with Crippen molar-refractivity contribution in [2.45, 2.75) is 6.17 Å². The molecule has 16 heavy (non-hydrogen) atoms. The predicted octanol–water partition coefficient (Wildman–Crippen LogP) is -0.798. The topological polar surface area (TPSA) is 68.4 Å². The van der Waals surface area contributed by atoms with Crippen LogP contribution in [0.3, 0.4) is 0 Å². The van der Waals surface area contributed by atoms with E-state index in [0.717, 1.165) is 0 Å². The molecule has 0 radical (unpaired) electrons. The van der Waals surface area contributed by atoms with Crippen molar-refractivity contribution in [3.05, 3.63) is 35.9 Å². The molecule has 1 heterocycles. The summed E-state index contributed by atoms with van der Waals surface area (Å²) in [5.41, 5.74) is 12.0. The third kappa shape index (κ3) is 2.56. The van der Waals surface area contributed by atoms with Gasteiger partial charge in [0, 0.05) is 12.6 Å². The molecule has 1 aliphatic rings. The van der Waals surface area contributed by atoms with Gasteiger partial charge in [-0.2, -0.15) is 11.1 Å². The van der Waals surface area contributed by atoms with Crippen molar-refractivity contribution in [2.75, 3.05) is 13.6 Å². The first kappa shape index (κ1) is 11.0. The molecule has 1 aliphatic heterocycles. The Morgan fingerprint density at radius 1 is 1.25 bits per heavy atom. The van der Waals surface area contributed by atoms with Crippen molar-refractivity contribution in [3.63, 3.8) is 0 Å². The normalized spacial score (nSPS) is 16.3. The third-order valence-electron chi connectivity index (χ3n) is 2.38. The van der Waals surface area contributed by atoms with E-state index in [0.29, 0.717) is 12.1 Å². The SMILES string of the molecule is CN(CC1NNNN1)C(=O)c1ccccc1. The van der Waals surface area contributed by atoms with Crippen molar-refractivity contribution in [2.24, 2.45) is 0 Å². The van der Waals surface area contributed by atoms with Crippen molar-refractivity contribution in [1.29, 1.82) is 0 Å². The van der Waals surface area contributed by atoms with E-state index < -0.39 is 0 Å². The lowest BCUT2D eigenvalue weighted by atomic mass is 10.2. The highest BCUT2D eigenvalue weighted by atomic mass is 16.2. The van der Waals surface area contributed by atoms with Gasteiger partial charge < -0.3 is 4.90 Å². The van der Waals surface area contributed by atoms with Crippen LogP contribution in [0.4, 0.5) is 0 Å². The van der Waals surface area contributed by atoms with Crippen LogP contribution in [0.5, 0.6) is 0 Å². The van der Waals surface area contributed by atoms with Gasteiger partial charge in [-0.05, 0) is 12.1 Å². The van der Waals surface area contributed by atoms with E-state index in [1.54, 1.807) is 11.9 Å². The van der Waals surface area contributed by atoms with E-state index in [9.17, 15) is 4.79 Å². The average Bonchev–Trinajstić information content (AvgIpc) is 2.82. The number of carbonyl (C=O) groups is 1. The van der Waals surface area contributed by atoms with Gasteiger partial charge in [-0.25, -0.2) is 10.9 Å². The Kier molecular flexibility index (Phi) is 3.47. The lowest BCUT2D eigenvalue weighted by Gasteiger charge is -2.20. The zero-order valence-corrected chi connectivity index (χ0v) is 9.03. The summed E-state index contributed by atoms with van der Waals surface area (Å²) in [5, 5.41) is 0. The van der Waals surface area contributed by atoms with Crippen molar-refractivity contribution in [3.8, 4) is 0 Å². The Hall–Kier alpha value is -1.47. The third-order valence-corrected chi connectivity index (χ3v) is 2.38. The van der Waals surface area contributed by atoms with Gasteiger partial charge in [-0.3, -0.25) is 4.79 Å². The molecule has 2 rings (SSSR count). The molecule has 4 N–H and O–H groups in total. The lowest BCUT2D eigenvalue weighted by Crippen LogP contribution is -2.45. The van der Waals surface area contributed by atoms with Gasteiger partial charge in [0.1, 0.15) is 6.17 Å². The molecule has 0 aromatic heterocycles. The van der Waals surface area contributed by atoms with E-state index >= 15 is 0 Å². The number of amides is 1. The molecule has 1 fully saturated rings. The average molecular weight is 221 g/mol. The standard InChI is InChI=1S/C10H15N5O/c1-15(7-9-11-13-14-12-9)10(16)8-5-3-2-4-6-8/h2-6,9,11-14H,7H2,1H3. The molecule has 6 heteroatoms. The van der Waals surface area contributed by atoms with Crippen LogP contribution in [0.2, 0.25) is 0 Å². The van der Waals surface area contributed by atoms with Gasteiger partial charge in [0.2, 0.25) is 0 Å². The molecular formula is C10H15N5O. The molecule has 1 amide bonds. The van der Waals surface area contributed by atoms with Crippen LogP contribution < -0.4 is 21.9 Å². The molecule has 6 nitrogen and oxygen atoms in total. The van der Waals surface area contributed by atoms with E-state index in [1.165, 1.54) is 0 Å². The predicted molar refractivity (Wildman–Crippen MR) is 59.7 cm³/mol. The van der Waals surface area contributed by atoms with Gasteiger partial charge in [0.05, 0.1) is 6.54 Å². The largest absolute Gasteiger partial charge is 0.339 e. The number of hydrogen-bond acceptors (Lipinski definition) is 5. The maximum Gasteiger partial charge on any atom is 0.253 e. The number of nitrogens with one attached hydrogen (secondary N) is 4. The Balaban J connectivity index is 1.94. The smallest absolute Gasteiger partial charge is 0.253 e. The summed E-state index contributed by atoms with van der Waals surface area (Å²) in [4.78, 5) is 13.6. The number of likely N-dealkylation sites (N-methyl/N-ethyl adjacent to an activating group) is 1. The maximum absolute atomic E-state index is 12.0. The first-order valence-electron chi connectivity index (χ1n) is 5.09. The Morgan fingerprint density at radius 3 is 2.50 bits per heavy atom. The summed E-state index contributed by atoms with van der Waals surface area (Å²) in [5.74, 6) is 0.0103. The van der Waals surface area contributed by atoms with Gasteiger partial charge in [0.25, 0.3) is 5.91 Å². The number of hydrogen-bond donors (Lipinski definition) is 4. The van der Waals surface area contributed by atoms with E-state index in [4.69, 9.17) is 0 Å². The summed E-state index contributed by atoms with van der Waals surface area (Å²) in [6, 6.07) is 9.23. The fraction of sp³-hybridized carbons (Fsp3) is 0.300. The van der Waals surface area contributed by atoms with Crippen molar-refractivity contribution in [1.82, 2.24) is 26.8 Å². The molecule has 1 aromatic rings. The Bertz CT molecular complexity index is 349. The highest BCUT2D eigenvalue weighted by Gasteiger charge is 2.18. The van der Waals surface area contributed by atoms with Gasteiger partial charge in [-0.15, -0.1) is 0 Å². The summed E-state index contributed by atoms with van der Waals surface area (Å²) < 4.78 is 0. The van der Waals surface area contributed by atoms with Crippen LogP contribution >= 0.6 is 0 Å². The summed E-state index contributed by atoms with van der Waals surface area (Å²) >= 11 is 0. The maximum atomic E-state index is 12.0. The number of rotatable bonds is 3. The summed E-state index contributed by atoms with van der Waals surface area (Å²) in [6.45, 7) is 0.563. The lowest BCUT2D eigenvalue weighted by molar-refractivity contribution is 0.0779. The highest BCUT2D eigenvalue weighted by molar-refractivity contribution is 5.93. The zero-order chi connectivity index (χ0) is 11.4. The number of nitrogens with zero attached hydrogens (tertiary/aromatic N) is 1. The van der Waals surface area contributed by atoms with Crippen LogP contribution in [-0.4, -0.2) is 30.6 Å². The molecule has 0 unspecified atom stereocenters. The zero-order valence-electron chi connectivity index (χ0n) is 9.03. The molecule has 1 aromatic carbocycles.